The molecule has 1 N–H and O–H groups in total. The number of hydrogen-bond donors (Lipinski definition) is 1. The molecule has 0 amide bonds. The molecule has 0 bridgehead atoms. The number of halogens is 2. The second-order valence-corrected chi connectivity index (χ2v) is 6.58. The van der Waals surface area contributed by atoms with Crippen molar-refractivity contribution in [3.63, 3.8) is 0 Å². The van der Waals surface area contributed by atoms with Crippen molar-refractivity contribution in [3.05, 3.63) is 56.4 Å². The molecule has 2 aromatic rings. The zero-order chi connectivity index (χ0) is 13.0. The van der Waals surface area contributed by atoms with Crippen LogP contribution in [0.5, 0.6) is 0 Å². The summed E-state index contributed by atoms with van der Waals surface area (Å²) < 4.78 is 14.4. The summed E-state index contributed by atoms with van der Waals surface area (Å²) in [6, 6.07) is 11.0. The van der Waals surface area contributed by atoms with Gasteiger partial charge in [-0.15, -0.1) is 11.3 Å². The maximum atomic E-state index is 13.3. The Labute approximate surface area is 119 Å². The first-order valence-corrected chi connectivity index (χ1v) is 7.55. The van der Waals surface area contributed by atoms with Crippen LogP contribution in [-0.4, -0.2) is 6.54 Å². The molecule has 0 spiro atoms. The summed E-state index contributed by atoms with van der Waals surface area (Å²) in [5.74, 6) is -0.188. The van der Waals surface area contributed by atoms with Crippen molar-refractivity contribution < 1.29 is 4.39 Å². The summed E-state index contributed by atoms with van der Waals surface area (Å²) in [6.45, 7) is 3.04. The molecule has 18 heavy (non-hydrogen) atoms. The second kappa shape index (κ2) is 6.45. The number of benzene rings is 1. The van der Waals surface area contributed by atoms with E-state index in [0.717, 1.165) is 22.3 Å². The minimum Gasteiger partial charge on any atom is -0.306 e. The quantitative estimate of drug-likeness (QED) is 0.836. The Kier molecular flexibility index (Phi) is 4.92. The summed E-state index contributed by atoms with van der Waals surface area (Å²) in [5.41, 5.74) is 0.970. The van der Waals surface area contributed by atoms with Crippen LogP contribution in [0.3, 0.4) is 0 Å². The van der Waals surface area contributed by atoms with Gasteiger partial charge >= 0.3 is 0 Å². The molecular weight excluding hydrogens is 313 g/mol. The van der Waals surface area contributed by atoms with Gasteiger partial charge in [-0.3, -0.25) is 0 Å². The largest absolute Gasteiger partial charge is 0.306 e. The van der Waals surface area contributed by atoms with Crippen molar-refractivity contribution in [3.8, 4) is 0 Å². The van der Waals surface area contributed by atoms with E-state index in [1.807, 2.05) is 12.1 Å². The molecule has 0 saturated carbocycles. The van der Waals surface area contributed by atoms with Gasteiger partial charge in [0.1, 0.15) is 5.82 Å². The fraction of sp³-hybridized carbons (Fsp3) is 0.286. The molecule has 0 aliphatic carbocycles. The van der Waals surface area contributed by atoms with Crippen LogP contribution in [-0.2, 0) is 0 Å². The van der Waals surface area contributed by atoms with E-state index < -0.39 is 0 Å². The lowest BCUT2D eigenvalue weighted by atomic mass is 10.1. The van der Waals surface area contributed by atoms with Crippen LogP contribution in [0.1, 0.15) is 29.8 Å². The zero-order valence-corrected chi connectivity index (χ0v) is 12.5. The maximum Gasteiger partial charge on any atom is 0.123 e. The average Bonchev–Trinajstić information content (AvgIpc) is 2.76. The Hall–Kier alpha value is -0.710. The van der Waals surface area contributed by atoms with Gasteiger partial charge in [0.05, 0.1) is 9.83 Å². The van der Waals surface area contributed by atoms with Crippen LogP contribution in [0.25, 0.3) is 0 Å². The van der Waals surface area contributed by atoms with Crippen molar-refractivity contribution in [2.75, 3.05) is 6.54 Å². The summed E-state index contributed by atoms with van der Waals surface area (Å²) in [4.78, 5) is 1.20. The molecule has 0 aliphatic rings. The monoisotopic (exact) mass is 327 g/mol. The minimum atomic E-state index is -0.188. The highest BCUT2D eigenvalue weighted by molar-refractivity contribution is 9.11. The Balaban J connectivity index is 2.30. The summed E-state index contributed by atoms with van der Waals surface area (Å²) in [6.07, 6.45) is 1.05. The highest BCUT2D eigenvalue weighted by Crippen LogP contribution is 2.31. The molecule has 1 heterocycles. The van der Waals surface area contributed by atoms with E-state index in [4.69, 9.17) is 0 Å². The van der Waals surface area contributed by atoms with Gasteiger partial charge in [0.15, 0.2) is 0 Å². The van der Waals surface area contributed by atoms with Gasteiger partial charge in [0.2, 0.25) is 0 Å². The summed E-state index contributed by atoms with van der Waals surface area (Å²) in [7, 11) is 0. The SMILES string of the molecule is CCCNC(c1cccc(F)c1)c1ccc(Br)s1. The summed E-state index contributed by atoms with van der Waals surface area (Å²) >= 11 is 5.15. The van der Waals surface area contributed by atoms with Gasteiger partial charge in [0.25, 0.3) is 0 Å². The van der Waals surface area contributed by atoms with Gasteiger partial charge in [-0.05, 0) is 58.7 Å². The molecule has 0 radical (unpaired) electrons. The Morgan fingerprint density at radius 3 is 2.78 bits per heavy atom. The molecule has 1 unspecified atom stereocenters. The van der Waals surface area contributed by atoms with Crippen LogP contribution in [0.4, 0.5) is 4.39 Å². The molecule has 2 rings (SSSR count). The van der Waals surface area contributed by atoms with Crippen LogP contribution < -0.4 is 5.32 Å². The van der Waals surface area contributed by atoms with Crippen LogP contribution in [0.2, 0.25) is 0 Å². The molecular formula is C14H15BrFNS. The van der Waals surface area contributed by atoms with E-state index in [2.05, 4.69) is 34.2 Å². The van der Waals surface area contributed by atoms with Crippen molar-refractivity contribution in [1.82, 2.24) is 5.32 Å². The molecule has 1 nitrogen and oxygen atoms in total. The lowest BCUT2D eigenvalue weighted by molar-refractivity contribution is 0.591. The van der Waals surface area contributed by atoms with Crippen molar-refractivity contribution in [2.45, 2.75) is 19.4 Å². The smallest absolute Gasteiger partial charge is 0.123 e. The predicted octanol–water partition coefficient (Wildman–Crippen LogP) is 4.74. The number of rotatable bonds is 5. The minimum absolute atomic E-state index is 0.0666. The lowest BCUT2D eigenvalue weighted by Crippen LogP contribution is -2.22. The highest BCUT2D eigenvalue weighted by atomic mass is 79.9. The van der Waals surface area contributed by atoms with E-state index in [1.54, 1.807) is 23.5 Å². The Morgan fingerprint density at radius 2 is 2.17 bits per heavy atom. The topological polar surface area (TPSA) is 12.0 Å². The van der Waals surface area contributed by atoms with Crippen LogP contribution in [0, 0.1) is 5.82 Å². The standard InChI is InChI=1S/C14H15BrFNS/c1-2-8-17-14(12-6-7-13(15)18-12)10-4-3-5-11(16)9-10/h3-7,9,14,17H,2,8H2,1H3. The fourth-order valence-electron chi connectivity index (χ4n) is 1.84. The average molecular weight is 328 g/mol. The Bertz CT molecular complexity index is 512. The molecule has 0 aliphatic heterocycles. The summed E-state index contributed by atoms with van der Waals surface area (Å²) in [5, 5.41) is 3.47. The first-order chi connectivity index (χ1) is 8.70. The molecule has 4 heteroatoms. The highest BCUT2D eigenvalue weighted by Gasteiger charge is 2.15. The van der Waals surface area contributed by atoms with Gasteiger partial charge in [-0.2, -0.15) is 0 Å². The van der Waals surface area contributed by atoms with E-state index in [-0.39, 0.29) is 11.9 Å². The van der Waals surface area contributed by atoms with Crippen LogP contribution >= 0.6 is 27.3 Å². The number of thiophene rings is 1. The number of hydrogen-bond acceptors (Lipinski definition) is 2. The van der Waals surface area contributed by atoms with Crippen molar-refractivity contribution in [1.29, 1.82) is 0 Å². The molecule has 1 aromatic heterocycles. The third-order valence-electron chi connectivity index (χ3n) is 2.66. The Morgan fingerprint density at radius 1 is 1.33 bits per heavy atom. The van der Waals surface area contributed by atoms with Gasteiger partial charge in [-0.1, -0.05) is 19.1 Å². The fourth-order valence-corrected chi connectivity index (χ4v) is 3.37. The third kappa shape index (κ3) is 3.40. The number of nitrogens with one attached hydrogen (secondary N) is 1. The van der Waals surface area contributed by atoms with Gasteiger partial charge in [0, 0.05) is 4.88 Å². The van der Waals surface area contributed by atoms with Crippen LogP contribution in [0.15, 0.2) is 40.2 Å². The van der Waals surface area contributed by atoms with E-state index >= 15 is 0 Å². The van der Waals surface area contributed by atoms with E-state index in [9.17, 15) is 4.39 Å². The van der Waals surface area contributed by atoms with Gasteiger partial charge in [-0.25, -0.2) is 4.39 Å². The molecule has 96 valence electrons. The molecule has 0 saturated heterocycles. The predicted molar refractivity (Wildman–Crippen MR) is 78.6 cm³/mol. The second-order valence-electron chi connectivity index (χ2n) is 4.08. The van der Waals surface area contributed by atoms with Crippen molar-refractivity contribution in [2.24, 2.45) is 0 Å². The normalized spacial score (nSPS) is 12.6. The third-order valence-corrected chi connectivity index (χ3v) is 4.35. The van der Waals surface area contributed by atoms with Crippen molar-refractivity contribution >= 4 is 27.3 Å². The van der Waals surface area contributed by atoms with E-state index in [0.29, 0.717) is 0 Å². The zero-order valence-electron chi connectivity index (χ0n) is 10.1. The van der Waals surface area contributed by atoms with E-state index in [1.165, 1.54) is 10.9 Å². The maximum absolute atomic E-state index is 13.3. The molecule has 1 aromatic carbocycles. The molecule has 1 atom stereocenters. The first kappa shape index (κ1) is 13.7. The lowest BCUT2D eigenvalue weighted by Gasteiger charge is -2.17. The van der Waals surface area contributed by atoms with Gasteiger partial charge < -0.3 is 5.32 Å². The first-order valence-electron chi connectivity index (χ1n) is 5.94. The molecule has 0 fully saturated rings.